The fraction of sp³-hybridized carbons (Fsp3) is 0.429. The molecule has 1 aliphatic carbocycles. The van der Waals surface area contributed by atoms with Crippen molar-refractivity contribution in [3.63, 3.8) is 0 Å². The zero-order chi connectivity index (χ0) is 7.56. The van der Waals surface area contributed by atoms with Crippen molar-refractivity contribution in [1.29, 1.82) is 0 Å². The summed E-state index contributed by atoms with van der Waals surface area (Å²) >= 11 is 0. The summed E-state index contributed by atoms with van der Waals surface area (Å²) < 4.78 is 0. The molecule has 0 bridgehead atoms. The van der Waals surface area contributed by atoms with Gasteiger partial charge >= 0.3 is 0 Å². The first-order valence-electron chi connectivity index (χ1n) is 3.27. The number of aliphatic hydroxyl groups excluding tert-OH is 1. The Morgan fingerprint density at radius 2 is 2.40 bits per heavy atom. The Morgan fingerprint density at radius 3 is 2.80 bits per heavy atom. The molecule has 10 heavy (non-hydrogen) atoms. The maximum atomic E-state index is 8.92. The number of nitrogens with two attached hydrogens (primary N) is 2. The van der Waals surface area contributed by atoms with Crippen LogP contribution in [-0.4, -0.2) is 11.3 Å². The van der Waals surface area contributed by atoms with Gasteiger partial charge in [0.05, 0.1) is 0 Å². The van der Waals surface area contributed by atoms with Gasteiger partial charge in [0.1, 0.15) is 6.23 Å². The summed E-state index contributed by atoms with van der Waals surface area (Å²) in [5.74, 6) is 0.0345. The van der Waals surface area contributed by atoms with Crippen LogP contribution >= 0.6 is 0 Å². The molecule has 0 amide bonds. The van der Waals surface area contributed by atoms with Gasteiger partial charge < -0.3 is 16.6 Å². The van der Waals surface area contributed by atoms with E-state index in [0.717, 1.165) is 12.1 Å². The van der Waals surface area contributed by atoms with Crippen LogP contribution in [0.2, 0.25) is 0 Å². The van der Waals surface area contributed by atoms with Crippen LogP contribution < -0.4 is 11.5 Å². The van der Waals surface area contributed by atoms with Crippen molar-refractivity contribution in [2.45, 2.75) is 12.6 Å². The minimum absolute atomic E-state index is 0.0345. The monoisotopic (exact) mass is 140 g/mol. The van der Waals surface area contributed by atoms with Gasteiger partial charge in [-0.25, -0.2) is 0 Å². The van der Waals surface area contributed by atoms with Crippen LogP contribution in [0, 0.1) is 5.92 Å². The first-order valence-corrected chi connectivity index (χ1v) is 3.27. The Morgan fingerprint density at radius 1 is 1.70 bits per heavy atom. The lowest BCUT2D eigenvalue weighted by molar-refractivity contribution is 0.137. The van der Waals surface area contributed by atoms with E-state index in [0.29, 0.717) is 0 Å². The molecule has 0 aliphatic heterocycles. The molecule has 1 rings (SSSR count). The van der Waals surface area contributed by atoms with E-state index in [4.69, 9.17) is 16.6 Å². The molecular formula is C7H12N2O. The normalized spacial score (nSPS) is 27.8. The summed E-state index contributed by atoms with van der Waals surface area (Å²) in [4.78, 5) is 0. The van der Waals surface area contributed by atoms with Gasteiger partial charge in [-0.05, 0) is 12.5 Å². The molecular weight excluding hydrogens is 128 g/mol. The minimum atomic E-state index is -0.763. The Kier molecular flexibility index (Phi) is 2.09. The van der Waals surface area contributed by atoms with Gasteiger partial charge in [0.2, 0.25) is 0 Å². The average molecular weight is 140 g/mol. The van der Waals surface area contributed by atoms with Crippen LogP contribution in [0.15, 0.2) is 23.9 Å². The van der Waals surface area contributed by atoms with E-state index in [1.165, 1.54) is 0 Å². The first kappa shape index (κ1) is 7.31. The fourth-order valence-corrected chi connectivity index (χ4v) is 0.907. The van der Waals surface area contributed by atoms with Crippen LogP contribution in [0.1, 0.15) is 6.42 Å². The molecule has 2 unspecified atom stereocenters. The molecule has 0 aromatic carbocycles. The summed E-state index contributed by atoms with van der Waals surface area (Å²) in [7, 11) is 0. The maximum Gasteiger partial charge on any atom is 0.109 e. The van der Waals surface area contributed by atoms with Gasteiger partial charge in [0.15, 0.2) is 0 Å². The third-order valence-corrected chi connectivity index (χ3v) is 1.60. The molecule has 0 saturated carbocycles. The number of aliphatic hydroxyl groups is 1. The summed E-state index contributed by atoms with van der Waals surface area (Å²) in [5.41, 5.74) is 11.4. The van der Waals surface area contributed by atoms with Gasteiger partial charge in [-0.2, -0.15) is 0 Å². The van der Waals surface area contributed by atoms with E-state index in [9.17, 15) is 0 Å². The third kappa shape index (κ3) is 1.59. The summed E-state index contributed by atoms with van der Waals surface area (Å²) in [6.45, 7) is 0. The van der Waals surface area contributed by atoms with Crippen molar-refractivity contribution in [3.05, 3.63) is 23.9 Å². The lowest BCUT2D eigenvalue weighted by atomic mass is 9.98. The van der Waals surface area contributed by atoms with Crippen molar-refractivity contribution in [3.8, 4) is 0 Å². The minimum Gasteiger partial charge on any atom is -0.399 e. The highest BCUT2D eigenvalue weighted by atomic mass is 16.3. The summed E-state index contributed by atoms with van der Waals surface area (Å²) in [6, 6.07) is 0. The molecule has 0 aromatic heterocycles. The lowest BCUT2D eigenvalue weighted by Gasteiger charge is -2.16. The molecule has 0 aromatic rings. The Labute approximate surface area is 60.0 Å². The van der Waals surface area contributed by atoms with E-state index in [2.05, 4.69) is 0 Å². The highest BCUT2D eigenvalue weighted by molar-refractivity contribution is 5.20. The fourth-order valence-electron chi connectivity index (χ4n) is 0.907. The second kappa shape index (κ2) is 2.86. The predicted molar refractivity (Wildman–Crippen MR) is 39.7 cm³/mol. The van der Waals surface area contributed by atoms with E-state index >= 15 is 0 Å². The van der Waals surface area contributed by atoms with Gasteiger partial charge in [-0.3, -0.25) is 0 Å². The van der Waals surface area contributed by atoms with Crippen LogP contribution in [-0.2, 0) is 0 Å². The Hall–Kier alpha value is -0.800. The van der Waals surface area contributed by atoms with E-state index < -0.39 is 6.23 Å². The van der Waals surface area contributed by atoms with Crippen molar-refractivity contribution < 1.29 is 5.11 Å². The molecule has 0 radical (unpaired) electrons. The molecule has 56 valence electrons. The molecule has 3 nitrogen and oxygen atoms in total. The third-order valence-electron chi connectivity index (χ3n) is 1.60. The van der Waals surface area contributed by atoms with Crippen molar-refractivity contribution in [1.82, 2.24) is 0 Å². The van der Waals surface area contributed by atoms with Gasteiger partial charge in [-0.1, -0.05) is 12.2 Å². The van der Waals surface area contributed by atoms with Gasteiger partial charge in [0, 0.05) is 11.6 Å². The van der Waals surface area contributed by atoms with Crippen molar-refractivity contribution in [2.24, 2.45) is 17.4 Å². The quantitative estimate of drug-likeness (QED) is 0.437. The largest absolute Gasteiger partial charge is 0.399 e. The van der Waals surface area contributed by atoms with E-state index in [1.54, 1.807) is 6.08 Å². The molecule has 0 spiro atoms. The second-order valence-corrected chi connectivity index (χ2v) is 2.45. The number of hydrogen-bond acceptors (Lipinski definition) is 3. The van der Waals surface area contributed by atoms with Crippen LogP contribution in [0.3, 0.4) is 0 Å². The molecule has 5 N–H and O–H groups in total. The first-order chi connectivity index (χ1) is 4.70. The maximum absolute atomic E-state index is 8.92. The SMILES string of the molecule is NC1=CCC(C(N)O)C=C1. The molecule has 0 fully saturated rings. The molecule has 2 atom stereocenters. The van der Waals surface area contributed by atoms with Gasteiger partial charge in [0.25, 0.3) is 0 Å². The standard InChI is InChI=1S/C7H12N2O/c8-6-3-1-5(2-4-6)7(9)10/h1,3-5,7,10H,2,8-9H2. The van der Waals surface area contributed by atoms with Crippen LogP contribution in [0.25, 0.3) is 0 Å². The van der Waals surface area contributed by atoms with Crippen molar-refractivity contribution in [2.75, 3.05) is 0 Å². The number of hydrogen-bond donors (Lipinski definition) is 3. The second-order valence-electron chi connectivity index (χ2n) is 2.45. The lowest BCUT2D eigenvalue weighted by Crippen LogP contribution is -2.28. The predicted octanol–water partition coefficient (Wildman–Crippen LogP) is -0.318. The molecule has 3 heteroatoms. The summed E-state index contributed by atoms with van der Waals surface area (Å²) in [5, 5.41) is 8.92. The highest BCUT2D eigenvalue weighted by Crippen LogP contribution is 2.14. The van der Waals surface area contributed by atoms with E-state index in [-0.39, 0.29) is 5.92 Å². The smallest absolute Gasteiger partial charge is 0.109 e. The molecule has 1 aliphatic rings. The van der Waals surface area contributed by atoms with Crippen LogP contribution in [0.5, 0.6) is 0 Å². The molecule has 0 heterocycles. The zero-order valence-electron chi connectivity index (χ0n) is 5.70. The Balaban J connectivity index is 2.52. The average Bonchev–Trinajstić information content (AvgIpc) is 1.88. The highest BCUT2D eigenvalue weighted by Gasteiger charge is 2.12. The van der Waals surface area contributed by atoms with E-state index in [1.807, 2.05) is 12.2 Å². The summed E-state index contributed by atoms with van der Waals surface area (Å²) in [6.07, 6.45) is 5.44. The van der Waals surface area contributed by atoms with Crippen molar-refractivity contribution >= 4 is 0 Å². The molecule has 0 saturated heterocycles. The van der Waals surface area contributed by atoms with Crippen LogP contribution in [0.4, 0.5) is 0 Å². The Bertz CT molecular complexity index is 172. The topological polar surface area (TPSA) is 72.3 Å². The number of allylic oxidation sites excluding steroid dienone is 2. The zero-order valence-corrected chi connectivity index (χ0v) is 5.70. The van der Waals surface area contributed by atoms with Gasteiger partial charge in [-0.15, -0.1) is 0 Å². The number of rotatable bonds is 1.